The number of anilines is 1. The quantitative estimate of drug-likeness (QED) is 0.709. The largest absolute Gasteiger partial charge is 0.356 e. The van der Waals surface area contributed by atoms with Crippen LogP contribution < -0.4 is 4.90 Å². The first-order chi connectivity index (χ1) is 9.58. The molecule has 3 nitrogen and oxygen atoms in total. The van der Waals surface area contributed by atoms with Gasteiger partial charge in [0.15, 0.2) is 0 Å². The number of aryl methyl sites for hydroxylation is 1. The molecular weight excluding hydrogens is 290 g/mol. The summed E-state index contributed by atoms with van der Waals surface area (Å²) in [6, 6.07) is 2.17. The van der Waals surface area contributed by atoms with Crippen LogP contribution in [0.25, 0.3) is 10.2 Å². The molecule has 0 aromatic carbocycles. The van der Waals surface area contributed by atoms with Crippen molar-refractivity contribution in [1.29, 1.82) is 0 Å². The molecule has 0 radical (unpaired) electrons. The van der Waals surface area contributed by atoms with E-state index < -0.39 is 0 Å². The van der Waals surface area contributed by atoms with Crippen molar-refractivity contribution in [2.24, 2.45) is 5.92 Å². The number of nitrogens with zero attached hydrogens (tertiary/aromatic N) is 3. The van der Waals surface area contributed by atoms with Crippen molar-refractivity contribution < 1.29 is 0 Å². The summed E-state index contributed by atoms with van der Waals surface area (Å²) in [5.41, 5.74) is 0. The third-order valence-corrected chi connectivity index (χ3v) is 4.90. The number of halogens is 1. The molecule has 0 aliphatic rings. The lowest BCUT2D eigenvalue weighted by Gasteiger charge is -2.27. The number of rotatable bonds is 6. The molecular formula is C15H22ClN3S. The van der Waals surface area contributed by atoms with Gasteiger partial charge in [-0.2, -0.15) is 4.98 Å². The Bertz CT molecular complexity index is 578. The van der Waals surface area contributed by atoms with E-state index in [0.717, 1.165) is 29.1 Å². The molecule has 0 saturated heterocycles. The fourth-order valence-corrected chi connectivity index (χ4v) is 3.56. The average Bonchev–Trinajstić information content (AvgIpc) is 2.79. The van der Waals surface area contributed by atoms with Gasteiger partial charge in [0.2, 0.25) is 5.28 Å². The van der Waals surface area contributed by atoms with E-state index in [1.165, 1.54) is 17.7 Å². The molecule has 20 heavy (non-hydrogen) atoms. The van der Waals surface area contributed by atoms with Gasteiger partial charge >= 0.3 is 0 Å². The Balaban J connectivity index is 2.42. The van der Waals surface area contributed by atoms with Crippen molar-refractivity contribution in [3.05, 3.63) is 16.2 Å². The monoisotopic (exact) mass is 311 g/mol. The van der Waals surface area contributed by atoms with Gasteiger partial charge in [0, 0.05) is 18.0 Å². The van der Waals surface area contributed by atoms with E-state index in [4.69, 9.17) is 11.6 Å². The third-order valence-electron chi connectivity index (χ3n) is 3.78. The molecule has 110 valence electrons. The molecule has 2 aromatic rings. The maximum Gasteiger partial charge on any atom is 0.225 e. The summed E-state index contributed by atoms with van der Waals surface area (Å²) in [4.78, 5) is 13.4. The molecule has 0 N–H and O–H groups in total. The summed E-state index contributed by atoms with van der Waals surface area (Å²) in [5.74, 6) is 1.68. The lowest BCUT2D eigenvalue weighted by atomic mass is 10.0. The molecule has 0 atom stereocenters. The second kappa shape index (κ2) is 6.72. The molecule has 0 amide bonds. The second-order valence-corrected chi connectivity index (χ2v) is 6.69. The molecule has 5 heteroatoms. The summed E-state index contributed by atoms with van der Waals surface area (Å²) in [6.45, 7) is 10.7. The minimum absolute atomic E-state index is 0.345. The topological polar surface area (TPSA) is 29.0 Å². The van der Waals surface area contributed by atoms with Crippen molar-refractivity contribution in [3.63, 3.8) is 0 Å². The van der Waals surface area contributed by atoms with Crippen molar-refractivity contribution >= 4 is 39.0 Å². The summed E-state index contributed by atoms with van der Waals surface area (Å²) in [6.07, 6.45) is 2.38. The van der Waals surface area contributed by atoms with Gasteiger partial charge < -0.3 is 4.90 Å². The molecule has 0 saturated carbocycles. The predicted molar refractivity (Wildman–Crippen MR) is 89.1 cm³/mol. The Kier molecular flexibility index (Phi) is 5.22. The Morgan fingerprint density at radius 1 is 1.25 bits per heavy atom. The Labute approximate surface area is 130 Å². The molecule has 0 spiro atoms. The van der Waals surface area contributed by atoms with E-state index in [-0.39, 0.29) is 0 Å². The van der Waals surface area contributed by atoms with Crippen LogP contribution in [0.5, 0.6) is 0 Å². The zero-order chi connectivity index (χ0) is 14.7. The van der Waals surface area contributed by atoms with Gasteiger partial charge in [-0.25, -0.2) is 4.98 Å². The van der Waals surface area contributed by atoms with E-state index in [9.17, 15) is 0 Å². The molecule has 0 unspecified atom stereocenters. The highest BCUT2D eigenvalue weighted by atomic mass is 35.5. The Morgan fingerprint density at radius 2 is 1.95 bits per heavy atom. The number of thiophene rings is 1. The van der Waals surface area contributed by atoms with E-state index in [0.29, 0.717) is 11.2 Å². The highest BCUT2D eigenvalue weighted by Gasteiger charge is 2.17. The summed E-state index contributed by atoms with van der Waals surface area (Å²) < 4.78 is 0. The van der Waals surface area contributed by atoms with Crippen LogP contribution in [0.4, 0.5) is 5.82 Å². The van der Waals surface area contributed by atoms with Gasteiger partial charge in [-0.15, -0.1) is 11.3 Å². The number of aromatic nitrogens is 2. The predicted octanol–water partition coefficient (Wildman–Crippen LogP) is 4.92. The molecule has 2 aromatic heterocycles. The lowest BCUT2D eigenvalue weighted by molar-refractivity contribution is 0.485. The van der Waals surface area contributed by atoms with E-state index >= 15 is 0 Å². The minimum Gasteiger partial charge on any atom is -0.356 e. The van der Waals surface area contributed by atoms with Gasteiger partial charge in [0.1, 0.15) is 10.6 Å². The molecule has 0 aliphatic heterocycles. The van der Waals surface area contributed by atoms with Crippen LogP contribution in [0.1, 0.15) is 38.5 Å². The maximum absolute atomic E-state index is 6.10. The summed E-state index contributed by atoms with van der Waals surface area (Å²) in [7, 11) is 0. The molecule has 2 heterocycles. The smallest absolute Gasteiger partial charge is 0.225 e. The van der Waals surface area contributed by atoms with Crippen LogP contribution in [0.15, 0.2) is 6.07 Å². The highest BCUT2D eigenvalue weighted by molar-refractivity contribution is 7.18. The molecule has 0 fully saturated rings. The minimum atomic E-state index is 0.345. The van der Waals surface area contributed by atoms with Crippen molar-refractivity contribution in [3.8, 4) is 0 Å². The third kappa shape index (κ3) is 3.23. The van der Waals surface area contributed by atoms with Crippen LogP contribution in [-0.2, 0) is 0 Å². The number of hydrogen-bond donors (Lipinski definition) is 0. The first-order valence-corrected chi connectivity index (χ1v) is 8.47. The fraction of sp³-hybridized carbons (Fsp3) is 0.600. The van der Waals surface area contributed by atoms with Crippen LogP contribution in [0, 0.1) is 12.8 Å². The van der Waals surface area contributed by atoms with Crippen LogP contribution >= 0.6 is 22.9 Å². The van der Waals surface area contributed by atoms with E-state index in [1.54, 1.807) is 11.3 Å². The van der Waals surface area contributed by atoms with Gasteiger partial charge in [0.05, 0.1) is 5.39 Å². The van der Waals surface area contributed by atoms with E-state index in [2.05, 4.69) is 48.6 Å². The van der Waals surface area contributed by atoms with Crippen molar-refractivity contribution in [2.45, 2.75) is 40.5 Å². The average molecular weight is 312 g/mol. The first-order valence-electron chi connectivity index (χ1n) is 7.27. The molecule has 2 rings (SSSR count). The van der Waals surface area contributed by atoms with Gasteiger partial charge in [-0.05, 0) is 37.4 Å². The second-order valence-electron chi connectivity index (χ2n) is 5.11. The van der Waals surface area contributed by atoms with Crippen LogP contribution in [0.3, 0.4) is 0 Å². The molecule has 0 aliphatic carbocycles. The number of fused-ring (bicyclic) bond motifs is 1. The van der Waals surface area contributed by atoms with Crippen LogP contribution in [0.2, 0.25) is 5.28 Å². The summed E-state index contributed by atoms with van der Waals surface area (Å²) >= 11 is 7.77. The number of hydrogen-bond acceptors (Lipinski definition) is 4. The van der Waals surface area contributed by atoms with E-state index in [1.807, 2.05) is 0 Å². The van der Waals surface area contributed by atoms with Gasteiger partial charge in [-0.3, -0.25) is 0 Å². The zero-order valence-electron chi connectivity index (χ0n) is 12.6. The Morgan fingerprint density at radius 3 is 2.55 bits per heavy atom. The maximum atomic E-state index is 6.10. The van der Waals surface area contributed by atoms with Gasteiger partial charge in [0.25, 0.3) is 0 Å². The zero-order valence-corrected chi connectivity index (χ0v) is 14.2. The first kappa shape index (κ1) is 15.5. The van der Waals surface area contributed by atoms with Crippen molar-refractivity contribution in [2.75, 3.05) is 18.0 Å². The SMILES string of the molecule is CCC(CC)CN(CC)c1nc(Cl)nc2sc(C)cc12. The van der Waals surface area contributed by atoms with Gasteiger partial charge in [-0.1, -0.05) is 26.7 Å². The fourth-order valence-electron chi connectivity index (χ4n) is 2.47. The van der Waals surface area contributed by atoms with Crippen LogP contribution in [-0.4, -0.2) is 23.1 Å². The summed E-state index contributed by atoms with van der Waals surface area (Å²) in [5, 5.41) is 1.47. The lowest BCUT2D eigenvalue weighted by Crippen LogP contribution is -2.30. The molecule has 0 bridgehead atoms. The van der Waals surface area contributed by atoms with Crippen molar-refractivity contribution in [1.82, 2.24) is 9.97 Å². The highest BCUT2D eigenvalue weighted by Crippen LogP contribution is 2.32. The normalized spacial score (nSPS) is 11.5. The Hall–Kier alpha value is -0.870. The standard InChI is InChI=1S/C15H22ClN3S/c1-5-11(6-2)9-19(7-3)13-12-8-10(4)20-14(12)18-15(16)17-13/h8,11H,5-7,9H2,1-4H3.